The van der Waals surface area contributed by atoms with Gasteiger partial charge in [0.05, 0.1) is 6.33 Å². The number of fused-ring (bicyclic) bond motifs is 1. The van der Waals surface area contributed by atoms with Crippen molar-refractivity contribution >= 4 is 17.0 Å². The van der Waals surface area contributed by atoms with E-state index in [1.54, 1.807) is 12.5 Å². The minimum Gasteiger partial charge on any atom is -0.382 e. The molecule has 0 aliphatic heterocycles. The molecule has 0 fully saturated rings. The fraction of sp³-hybridized carbons (Fsp3) is 0.273. The molecule has 3 aromatic heterocycles. The number of hydrogen-bond donors (Lipinski definition) is 1. The standard InChI is InChI=1S/C11H13N7/c1-8-13-2-3-17(8)4-5-18-7-16-9-10(12)14-6-15-11(9)18/h2-3,6-7H,4-5H2,1H3,(H2,12,14,15). The molecule has 0 unspecified atom stereocenters. The maximum atomic E-state index is 5.74. The maximum absolute atomic E-state index is 5.74. The van der Waals surface area contributed by atoms with Crippen LogP contribution in [-0.2, 0) is 13.1 Å². The van der Waals surface area contributed by atoms with Gasteiger partial charge in [0.15, 0.2) is 11.5 Å². The summed E-state index contributed by atoms with van der Waals surface area (Å²) in [4.78, 5) is 16.5. The molecule has 0 radical (unpaired) electrons. The number of nitrogens with zero attached hydrogens (tertiary/aromatic N) is 6. The van der Waals surface area contributed by atoms with Gasteiger partial charge in [0.2, 0.25) is 0 Å². The Morgan fingerprint density at radius 3 is 2.72 bits per heavy atom. The molecule has 0 aliphatic carbocycles. The summed E-state index contributed by atoms with van der Waals surface area (Å²) in [5, 5.41) is 0. The molecule has 3 heterocycles. The molecule has 0 aromatic carbocycles. The molecule has 0 atom stereocenters. The first-order chi connectivity index (χ1) is 8.75. The molecule has 7 nitrogen and oxygen atoms in total. The monoisotopic (exact) mass is 243 g/mol. The van der Waals surface area contributed by atoms with Crippen molar-refractivity contribution in [3.05, 3.63) is 30.9 Å². The molecule has 0 saturated carbocycles. The highest BCUT2D eigenvalue weighted by atomic mass is 15.2. The zero-order chi connectivity index (χ0) is 12.5. The first-order valence-corrected chi connectivity index (χ1v) is 5.65. The van der Waals surface area contributed by atoms with Gasteiger partial charge < -0.3 is 14.9 Å². The number of anilines is 1. The zero-order valence-electron chi connectivity index (χ0n) is 9.98. The van der Waals surface area contributed by atoms with Gasteiger partial charge in [0.25, 0.3) is 0 Å². The Bertz CT molecular complexity index is 682. The number of imidazole rings is 2. The van der Waals surface area contributed by atoms with Crippen LogP contribution in [0.25, 0.3) is 11.2 Å². The smallest absolute Gasteiger partial charge is 0.165 e. The van der Waals surface area contributed by atoms with Crippen molar-refractivity contribution in [3.8, 4) is 0 Å². The third kappa shape index (κ3) is 1.69. The van der Waals surface area contributed by atoms with E-state index in [9.17, 15) is 0 Å². The highest BCUT2D eigenvalue weighted by Crippen LogP contribution is 2.14. The lowest BCUT2D eigenvalue weighted by molar-refractivity contribution is 0.575. The first-order valence-electron chi connectivity index (χ1n) is 5.65. The van der Waals surface area contributed by atoms with Crippen molar-refractivity contribution < 1.29 is 0 Å². The molecule has 92 valence electrons. The van der Waals surface area contributed by atoms with E-state index in [1.807, 2.05) is 17.7 Å². The Kier molecular flexibility index (Phi) is 2.44. The van der Waals surface area contributed by atoms with Crippen LogP contribution in [0.2, 0.25) is 0 Å². The molecule has 0 spiro atoms. The lowest BCUT2D eigenvalue weighted by Crippen LogP contribution is -2.08. The van der Waals surface area contributed by atoms with Crippen molar-refractivity contribution in [2.45, 2.75) is 20.0 Å². The van der Waals surface area contributed by atoms with Gasteiger partial charge in [-0.25, -0.2) is 19.9 Å². The van der Waals surface area contributed by atoms with E-state index >= 15 is 0 Å². The quantitative estimate of drug-likeness (QED) is 0.728. The summed E-state index contributed by atoms with van der Waals surface area (Å²) in [5.41, 5.74) is 7.16. The van der Waals surface area contributed by atoms with Crippen molar-refractivity contribution in [3.63, 3.8) is 0 Å². The van der Waals surface area contributed by atoms with Crippen molar-refractivity contribution in [2.75, 3.05) is 5.73 Å². The van der Waals surface area contributed by atoms with E-state index in [2.05, 4.69) is 24.5 Å². The van der Waals surface area contributed by atoms with E-state index in [-0.39, 0.29) is 0 Å². The minimum absolute atomic E-state index is 0.414. The zero-order valence-corrected chi connectivity index (χ0v) is 9.98. The Morgan fingerprint density at radius 2 is 1.94 bits per heavy atom. The molecule has 3 rings (SSSR count). The Hall–Kier alpha value is -2.44. The van der Waals surface area contributed by atoms with Gasteiger partial charge in [-0.15, -0.1) is 0 Å². The Balaban J connectivity index is 1.87. The number of aromatic nitrogens is 6. The number of hydrogen-bond acceptors (Lipinski definition) is 5. The van der Waals surface area contributed by atoms with Crippen LogP contribution in [0.5, 0.6) is 0 Å². The predicted molar refractivity (Wildman–Crippen MR) is 66.7 cm³/mol. The number of rotatable bonds is 3. The fourth-order valence-corrected chi connectivity index (χ4v) is 1.92. The van der Waals surface area contributed by atoms with E-state index in [4.69, 9.17) is 5.73 Å². The van der Waals surface area contributed by atoms with E-state index in [0.29, 0.717) is 11.3 Å². The molecule has 18 heavy (non-hydrogen) atoms. The summed E-state index contributed by atoms with van der Waals surface area (Å²) < 4.78 is 4.04. The molecular weight excluding hydrogens is 230 g/mol. The van der Waals surface area contributed by atoms with E-state index < -0.39 is 0 Å². The van der Waals surface area contributed by atoms with E-state index in [1.165, 1.54) is 6.33 Å². The normalized spacial score (nSPS) is 11.2. The van der Waals surface area contributed by atoms with Crippen molar-refractivity contribution in [2.24, 2.45) is 0 Å². The lowest BCUT2D eigenvalue weighted by Gasteiger charge is -2.06. The second-order valence-corrected chi connectivity index (χ2v) is 4.04. The summed E-state index contributed by atoms with van der Waals surface area (Å²) in [6.07, 6.45) is 6.94. The van der Waals surface area contributed by atoms with Crippen molar-refractivity contribution in [1.29, 1.82) is 0 Å². The van der Waals surface area contributed by atoms with Gasteiger partial charge in [-0.05, 0) is 6.92 Å². The average molecular weight is 243 g/mol. The number of nitrogens with two attached hydrogens (primary N) is 1. The van der Waals surface area contributed by atoms with Gasteiger partial charge in [0.1, 0.15) is 17.7 Å². The molecule has 7 heteroatoms. The highest BCUT2D eigenvalue weighted by Gasteiger charge is 2.07. The van der Waals surface area contributed by atoms with Gasteiger partial charge >= 0.3 is 0 Å². The second-order valence-electron chi connectivity index (χ2n) is 4.04. The van der Waals surface area contributed by atoms with Gasteiger partial charge in [-0.2, -0.15) is 0 Å². The summed E-state index contributed by atoms with van der Waals surface area (Å²) >= 11 is 0. The third-order valence-electron chi connectivity index (χ3n) is 2.93. The summed E-state index contributed by atoms with van der Waals surface area (Å²) in [6.45, 7) is 3.57. The minimum atomic E-state index is 0.414. The Morgan fingerprint density at radius 1 is 1.11 bits per heavy atom. The van der Waals surface area contributed by atoms with Crippen LogP contribution in [0, 0.1) is 6.92 Å². The van der Waals surface area contributed by atoms with Gasteiger partial charge in [-0.1, -0.05) is 0 Å². The van der Waals surface area contributed by atoms with Crippen LogP contribution in [0.15, 0.2) is 25.0 Å². The van der Waals surface area contributed by atoms with E-state index in [0.717, 1.165) is 24.6 Å². The first kappa shape index (κ1) is 10.7. The largest absolute Gasteiger partial charge is 0.382 e. The SMILES string of the molecule is Cc1nccn1CCn1cnc2c(N)ncnc21. The maximum Gasteiger partial charge on any atom is 0.165 e. The van der Waals surface area contributed by atoms with Crippen LogP contribution < -0.4 is 5.73 Å². The summed E-state index contributed by atoms with van der Waals surface area (Å²) in [5.74, 6) is 1.41. The fourth-order valence-electron chi connectivity index (χ4n) is 1.92. The molecule has 0 saturated heterocycles. The van der Waals surface area contributed by atoms with Crippen LogP contribution in [0.4, 0.5) is 5.82 Å². The molecule has 2 N–H and O–H groups in total. The molecular formula is C11H13N7. The van der Waals surface area contributed by atoms with Gasteiger partial charge in [0, 0.05) is 25.5 Å². The van der Waals surface area contributed by atoms with Crippen LogP contribution in [0.1, 0.15) is 5.82 Å². The highest BCUT2D eigenvalue weighted by molar-refractivity contribution is 5.80. The third-order valence-corrected chi connectivity index (χ3v) is 2.93. The molecule has 0 bridgehead atoms. The summed E-state index contributed by atoms with van der Waals surface area (Å²) in [6, 6.07) is 0. The Labute approximate surface area is 103 Å². The number of aryl methyl sites for hydroxylation is 3. The van der Waals surface area contributed by atoms with Crippen LogP contribution >= 0.6 is 0 Å². The molecule has 3 aromatic rings. The predicted octanol–water partition coefficient (Wildman–Crippen LogP) is 0.614. The van der Waals surface area contributed by atoms with Gasteiger partial charge in [-0.3, -0.25) is 0 Å². The molecule has 0 amide bonds. The molecule has 0 aliphatic rings. The summed E-state index contributed by atoms with van der Waals surface area (Å²) in [7, 11) is 0. The average Bonchev–Trinajstić information content (AvgIpc) is 2.94. The van der Waals surface area contributed by atoms with Crippen LogP contribution in [-0.4, -0.2) is 29.1 Å². The second kappa shape index (κ2) is 4.10. The van der Waals surface area contributed by atoms with Crippen LogP contribution in [0.3, 0.4) is 0 Å². The lowest BCUT2D eigenvalue weighted by atomic mass is 10.5. The van der Waals surface area contributed by atoms with Crippen molar-refractivity contribution in [1.82, 2.24) is 29.1 Å². The topological polar surface area (TPSA) is 87.4 Å². The number of nitrogen functional groups attached to an aromatic ring is 1.